The van der Waals surface area contributed by atoms with E-state index in [1.807, 2.05) is 31.2 Å². The van der Waals surface area contributed by atoms with Gasteiger partial charge in [-0.15, -0.1) is 10.2 Å². The molecule has 0 atom stereocenters. The highest BCUT2D eigenvalue weighted by Crippen LogP contribution is 2.33. The number of likely N-dealkylation sites (tertiary alicyclic amines) is 1. The van der Waals surface area contributed by atoms with Crippen molar-refractivity contribution >= 4 is 5.91 Å². The first kappa shape index (κ1) is 21.2. The molecule has 0 unspecified atom stereocenters. The number of benzene rings is 2. The molecule has 0 bridgehead atoms. The third-order valence-corrected chi connectivity index (χ3v) is 6.00. The number of nitrogens with one attached hydrogen (secondary N) is 1. The van der Waals surface area contributed by atoms with Crippen LogP contribution < -0.4 is 5.32 Å². The molecule has 0 spiro atoms. The van der Waals surface area contributed by atoms with Crippen molar-refractivity contribution in [2.45, 2.75) is 51.1 Å². The summed E-state index contributed by atoms with van der Waals surface area (Å²) in [6.07, 6.45) is 3.34. The molecule has 1 aliphatic rings. The molecule has 1 amide bonds. The van der Waals surface area contributed by atoms with Gasteiger partial charge in [0.2, 0.25) is 17.7 Å². The Labute approximate surface area is 183 Å². The highest BCUT2D eigenvalue weighted by atomic mass is 16.4. The van der Waals surface area contributed by atoms with Crippen LogP contribution in [-0.4, -0.2) is 34.1 Å². The summed E-state index contributed by atoms with van der Waals surface area (Å²) in [5, 5.41) is 11.8. The number of hydrogen-bond donors (Lipinski definition) is 1. The predicted molar refractivity (Wildman–Crippen MR) is 119 cm³/mol. The SMILES string of the molecule is CCc1nnc(C2(NC(=O)CCc3ccccc3)CCN(Cc3ccccc3)CC2)o1. The van der Waals surface area contributed by atoms with Crippen LogP contribution in [0.3, 0.4) is 0 Å². The first-order chi connectivity index (χ1) is 15.2. The van der Waals surface area contributed by atoms with E-state index < -0.39 is 5.54 Å². The molecule has 1 saturated heterocycles. The maximum absolute atomic E-state index is 12.9. The maximum atomic E-state index is 12.9. The third-order valence-electron chi connectivity index (χ3n) is 6.00. The molecule has 1 fully saturated rings. The summed E-state index contributed by atoms with van der Waals surface area (Å²) in [4.78, 5) is 15.3. The number of aryl methyl sites for hydroxylation is 2. The zero-order valence-corrected chi connectivity index (χ0v) is 18.1. The molecule has 6 heteroatoms. The van der Waals surface area contributed by atoms with Gasteiger partial charge >= 0.3 is 0 Å². The number of amides is 1. The molecule has 31 heavy (non-hydrogen) atoms. The van der Waals surface area contributed by atoms with Crippen LogP contribution in [0.1, 0.15) is 49.1 Å². The Balaban J connectivity index is 1.43. The van der Waals surface area contributed by atoms with Gasteiger partial charge in [-0.2, -0.15) is 0 Å². The highest BCUT2D eigenvalue weighted by molar-refractivity contribution is 5.77. The summed E-state index contributed by atoms with van der Waals surface area (Å²) in [5.41, 5.74) is 1.87. The fraction of sp³-hybridized carbons (Fsp3) is 0.400. The second-order valence-electron chi connectivity index (χ2n) is 8.23. The number of rotatable bonds is 8. The van der Waals surface area contributed by atoms with Gasteiger partial charge in [0.25, 0.3) is 0 Å². The Hall–Kier alpha value is -2.99. The van der Waals surface area contributed by atoms with Crippen molar-refractivity contribution in [3.63, 3.8) is 0 Å². The summed E-state index contributed by atoms with van der Waals surface area (Å²) in [5.74, 6) is 1.17. The van der Waals surface area contributed by atoms with Gasteiger partial charge in [-0.05, 0) is 30.4 Å². The van der Waals surface area contributed by atoms with Gasteiger partial charge in [-0.1, -0.05) is 67.6 Å². The highest BCUT2D eigenvalue weighted by Gasteiger charge is 2.42. The summed E-state index contributed by atoms with van der Waals surface area (Å²) in [7, 11) is 0. The van der Waals surface area contributed by atoms with Crippen molar-refractivity contribution in [1.82, 2.24) is 20.4 Å². The Morgan fingerprint density at radius 2 is 1.65 bits per heavy atom. The Kier molecular flexibility index (Phi) is 6.77. The quantitative estimate of drug-likeness (QED) is 0.601. The second-order valence-corrected chi connectivity index (χ2v) is 8.23. The second kappa shape index (κ2) is 9.88. The van der Waals surface area contributed by atoms with Crippen LogP contribution in [-0.2, 0) is 29.7 Å². The summed E-state index contributed by atoms with van der Waals surface area (Å²) >= 11 is 0. The van der Waals surface area contributed by atoms with Crippen LogP contribution in [0, 0.1) is 0 Å². The van der Waals surface area contributed by atoms with Crippen molar-refractivity contribution in [2.75, 3.05) is 13.1 Å². The fourth-order valence-electron chi connectivity index (χ4n) is 4.15. The van der Waals surface area contributed by atoms with Crippen LogP contribution in [0.2, 0.25) is 0 Å². The van der Waals surface area contributed by atoms with E-state index in [0.717, 1.165) is 38.0 Å². The van der Waals surface area contributed by atoms with E-state index in [-0.39, 0.29) is 5.91 Å². The lowest BCUT2D eigenvalue weighted by atomic mass is 9.86. The minimum atomic E-state index is -0.596. The molecule has 1 aliphatic heterocycles. The number of nitrogens with zero attached hydrogens (tertiary/aromatic N) is 3. The number of carbonyl (C=O) groups is 1. The Morgan fingerprint density at radius 3 is 2.26 bits per heavy atom. The molecule has 2 aromatic carbocycles. The lowest BCUT2D eigenvalue weighted by Gasteiger charge is -2.40. The molecule has 0 radical (unpaired) electrons. The topological polar surface area (TPSA) is 71.3 Å². The molecule has 3 aromatic rings. The van der Waals surface area contributed by atoms with Crippen molar-refractivity contribution < 1.29 is 9.21 Å². The molecular weight excluding hydrogens is 388 g/mol. The standard InChI is InChI=1S/C25H30N4O2/c1-2-23-27-28-24(31-23)25(26-22(30)14-13-20-9-5-3-6-10-20)15-17-29(18-16-25)19-21-11-7-4-8-12-21/h3-12H,2,13-19H2,1H3,(H,26,30). The Morgan fingerprint density at radius 1 is 1.00 bits per heavy atom. The molecule has 6 nitrogen and oxygen atoms in total. The predicted octanol–water partition coefficient (Wildman–Crippen LogP) is 3.87. The van der Waals surface area contributed by atoms with Gasteiger partial charge in [-0.3, -0.25) is 9.69 Å². The van der Waals surface area contributed by atoms with Crippen molar-refractivity contribution in [3.8, 4) is 0 Å². The van der Waals surface area contributed by atoms with Crippen LogP contribution in [0.4, 0.5) is 0 Å². The smallest absolute Gasteiger partial charge is 0.241 e. The van der Waals surface area contributed by atoms with E-state index >= 15 is 0 Å². The number of hydrogen-bond acceptors (Lipinski definition) is 5. The van der Waals surface area contributed by atoms with Crippen molar-refractivity contribution in [1.29, 1.82) is 0 Å². The van der Waals surface area contributed by atoms with Gasteiger partial charge in [0.1, 0.15) is 5.54 Å². The summed E-state index contributed by atoms with van der Waals surface area (Å²) < 4.78 is 5.94. The third kappa shape index (κ3) is 5.39. The summed E-state index contributed by atoms with van der Waals surface area (Å²) in [6, 6.07) is 20.6. The molecular formula is C25H30N4O2. The van der Waals surface area contributed by atoms with Crippen LogP contribution in [0.5, 0.6) is 0 Å². The van der Waals surface area contributed by atoms with Gasteiger partial charge in [-0.25, -0.2) is 0 Å². The van der Waals surface area contributed by atoms with Crippen LogP contribution in [0.15, 0.2) is 65.1 Å². The van der Waals surface area contributed by atoms with Crippen molar-refractivity contribution in [3.05, 3.63) is 83.6 Å². The monoisotopic (exact) mass is 418 g/mol. The number of piperidine rings is 1. The molecule has 0 saturated carbocycles. The van der Waals surface area contributed by atoms with Crippen molar-refractivity contribution in [2.24, 2.45) is 0 Å². The van der Waals surface area contributed by atoms with Gasteiger partial charge in [0.05, 0.1) is 0 Å². The van der Waals surface area contributed by atoms with Crippen LogP contribution >= 0.6 is 0 Å². The lowest BCUT2D eigenvalue weighted by Crippen LogP contribution is -2.53. The molecule has 4 rings (SSSR count). The maximum Gasteiger partial charge on any atom is 0.241 e. The van der Waals surface area contributed by atoms with E-state index in [9.17, 15) is 4.79 Å². The number of aromatic nitrogens is 2. The fourth-order valence-corrected chi connectivity index (χ4v) is 4.15. The first-order valence-corrected chi connectivity index (χ1v) is 11.1. The van der Waals surface area contributed by atoms with E-state index in [0.29, 0.717) is 31.0 Å². The molecule has 2 heterocycles. The molecule has 1 aromatic heterocycles. The van der Waals surface area contributed by atoms with Gasteiger partial charge < -0.3 is 9.73 Å². The van der Waals surface area contributed by atoms with E-state index in [2.05, 4.69) is 56.8 Å². The normalized spacial score (nSPS) is 16.2. The van der Waals surface area contributed by atoms with Gasteiger partial charge in [0.15, 0.2) is 0 Å². The van der Waals surface area contributed by atoms with Crippen LogP contribution in [0.25, 0.3) is 0 Å². The molecule has 1 N–H and O–H groups in total. The molecule has 0 aliphatic carbocycles. The molecule has 162 valence electrons. The summed E-state index contributed by atoms with van der Waals surface area (Å²) in [6.45, 7) is 4.61. The Bertz CT molecular complexity index is 963. The van der Waals surface area contributed by atoms with E-state index in [4.69, 9.17) is 4.42 Å². The zero-order valence-electron chi connectivity index (χ0n) is 18.1. The number of carbonyl (C=O) groups excluding carboxylic acids is 1. The zero-order chi connectivity index (χ0) is 21.5. The average Bonchev–Trinajstić information content (AvgIpc) is 3.31. The minimum Gasteiger partial charge on any atom is -0.423 e. The van der Waals surface area contributed by atoms with Gasteiger partial charge in [0, 0.05) is 32.5 Å². The first-order valence-electron chi connectivity index (χ1n) is 11.1. The largest absolute Gasteiger partial charge is 0.423 e. The van der Waals surface area contributed by atoms with E-state index in [1.165, 1.54) is 5.56 Å². The lowest BCUT2D eigenvalue weighted by molar-refractivity contribution is -0.124. The average molecular weight is 419 g/mol. The van der Waals surface area contributed by atoms with E-state index in [1.54, 1.807) is 0 Å². The minimum absolute atomic E-state index is 0.0246.